The summed E-state index contributed by atoms with van der Waals surface area (Å²) in [4.78, 5) is 15.5. The van der Waals surface area contributed by atoms with Crippen LogP contribution < -0.4 is 0 Å². The molecular weight excluding hydrogens is 268 g/mol. The van der Waals surface area contributed by atoms with Crippen LogP contribution in [-0.2, 0) is 16.1 Å². The van der Waals surface area contributed by atoms with Gasteiger partial charge in [0.2, 0.25) is 5.91 Å². The molecule has 0 bridgehead atoms. The second-order valence-corrected chi connectivity index (χ2v) is 5.76. The van der Waals surface area contributed by atoms with Gasteiger partial charge in [-0.2, -0.15) is 0 Å². The van der Waals surface area contributed by atoms with E-state index in [1.807, 2.05) is 13.1 Å². The van der Waals surface area contributed by atoms with Crippen LogP contribution in [0.4, 0.5) is 0 Å². The lowest BCUT2D eigenvalue weighted by molar-refractivity contribution is -0.159. The fourth-order valence-electron chi connectivity index (χ4n) is 2.86. The van der Waals surface area contributed by atoms with Crippen molar-refractivity contribution in [3.05, 3.63) is 23.1 Å². The van der Waals surface area contributed by atoms with Crippen LogP contribution in [0.1, 0.15) is 12.2 Å². The Balaban J connectivity index is 1.62. The predicted molar refractivity (Wildman–Crippen MR) is 69.9 cm³/mol. The molecule has 1 aromatic heterocycles. The zero-order valence-corrected chi connectivity index (χ0v) is 11.7. The highest BCUT2D eigenvalue weighted by Gasteiger charge is 2.44. The Morgan fingerprint density at radius 3 is 2.95 bits per heavy atom. The molecule has 3 heterocycles. The lowest BCUT2D eigenvalue weighted by Gasteiger charge is -2.38. The molecule has 5 nitrogen and oxygen atoms in total. The normalized spacial score (nSPS) is 28.5. The number of nitrogens with zero attached hydrogens (tertiary/aromatic N) is 2. The molecule has 1 atom stereocenters. The number of ether oxygens (including phenoxy) is 1. The lowest BCUT2D eigenvalue weighted by atomic mass is 10.0. The fourth-order valence-corrected chi connectivity index (χ4v) is 3.02. The highest BCUT2D eigenvalue weighted by molar-refractivity contribution is 6.28. The molecule has 0 unspecified atom stereocenters. The summed E-state index contributed by atoms with van der Waals surface area (Å²) in [6.07, 6.45) is 0.944. The van der Waals surface area contributed by atoms with Crippen LogP contribution in [0.2, 0.25) is 5.22 Å². The summed E-state index contributed by atoms with van der Waals surface area (Å²) >= 11 is 5.77. The van der Waals surface area contributed by atoms with E-state index in [1.54, 1.807) is 11.0 Å². The quantitative estimate of drug-likeness (QED) is 0.823. The van der Waals surface area contributed by atoms with Crippen molar-refractivity contribution in [3.63, 3.8) is 0 Å². The maximum Gasteiger partial charge on any atom is 0.248 e. The average molecular weight is 285 g/mol. The fraction of sp³-hybridized carbons (Fsp3) is 0.615. The molecule has 0 saturated carbocycles. The zero-order chi connectivity index (χ0) is 13.5. The van der Waals surface area contributed by atoms with Gasteiger partial charge in [-0.15, -0.1) is 0 Å². The van der Waals surface area contributed by atoms with Crippen molar-refractivity contribution in [3.8, 4) is 0 Å². The number of amides is 1. The number of likely N-dealkylation sites (N-methyl/N-ethyl adjacent to an activating group) is 1. The first kappa shape index (κ1) is 13.0. The number of carbonyl (C=O) groups excluding carboxylic acids is 1. The maximum absolute atomic E-state index is 11.5. The molecule has 0 radical (unpaired) electrons. The van der Waals surface area contributed by atoms with Crippen LogP contribution in [0.25, 0.3) is 0 Å². The van der Waals surface area contributed by atoms with E-state index in [2.05, 4.69) is 4.90 Å². The number of furan rings is 1. The molecule has 104 valence electrons. The summed E-state index contributed by atoms with van der Waals surface area (Å²) in [5.74, 6) is 0.921. The van der Waals surface area contributed by atoms with Gasteiger partial charge in [-0.3, -0.25) is 9.69 Å². The first-order chi connectivity index (χ1) is 9.06. The summed E-state index contributed by atoms with van der Waals surface area (Å²) in [7, 11) is 1.83. The molecule has 1 aromatic rings. The van der Waals surface area contributed by atoms with Crippen molar-refractivity contribution in [1.29, 1.82) is 0 Å². The molecule has 2 aliphatic heterocycles. The molecule has 0 N–H and O–H groups in total. The third kappa shape index (κ3) is 2.63. The van der Waals surface area contributed by atoms with Crippen LogP contribution in [0, 0.1) is 0 Å². The Hall–Kier alpha value is -1.04. The zero-order valence-electron chi connectivity index (χ0n) is 10.9. The molecule has 2 aliphatic rings. The van der Waals surface area contributed by atoms with E-state index in [1.165, 1.54) is 0 Å². The van der Waals surface area contributed by atoms with Gasteiger partial charge in [-0.1, -0.05) is 0 Å². The van der Waals surface area contributed by atoms with Gasteiger partial charge in [0.15, 0.2) is 5.22 Å². The Morgan fingerprint density at radius 2 is 2.26 bits per heavy atom. The molecule has 2 saturated heterocycles. The van der Waals surface area contributed by atoms with Crippen molar-refractivity contribution in [2.24, 2.45) is 0 Å². The number of likely N-dealkylation sites (tertiary alicyclic amines) is 1. The third-order valence-electron chi connectivity index (χ3n) is 3.86. The molecule has 1 spiro atoms. The Labute approximate surface area is 117 Å². The molecule has 19 heavy (non-hydrogen) atoms. The summed E-state index contributed by atoms with van der Waals surface area (Å²) in [5.41, 5.74) is -0.209. The van der Waals surface area contributed by atoms with Crippen LogP contribution in [0.3, 0.4) is 0 Å². The van der Waals surface area contributed by atoms with Crippen molar-refractivity contribution >= 4 is 17.5 Å². The summed E-state index contributed by atoms with van der Waals surface area (Å²) in [6, 6.07) is 3.65. The molecule has 1 amide bonds. The number of carbonyl (C=O) groups is 1. The molecule has 6 heteroatoms. The van der Waals surface area contributed by atoms with Gasteiger partial charge in [0.1, 0.15) is 18.0 Å². The largest absolute Gasteiger partial charge is 0.448 e. The van der Waals surface area contributed by atoms with Crippen LogP contribution >= 0.6 is 11.6 Å². The van der Waals surface area contributed by atoms with E-state index in [4.69, 9.17) is 20.8 Å². The molecular formula is C13H17ClN2O3. The minimum Gasteiger partial charge on any atom is -0.448 e. The Morgan fingerprint density at radius 1 is 1.42 bits per heavy atom. The highest BCUT2D eigenvalue weighted by Crippen LogP contribution is 2.30. The second kappa shape index (κ2) is 4.81. The first-order valence-electron chi connectivity index (χ1n) is 6.41. The number of halogens is 1. The maximum atomic E-state index is 11.5. The van der Waals surface area contributed by atoms with Gasteiger partial charge in [0.25, 0.3) is 0 Å². The van der Waals surface area contributed by atoms with E-state index >= 15 is 0 Å². The van der Waals surface area contributed by atoms with Gasteiger partial charge in [-0.05, 0) is 30.2 Å². The summed E-state index contributed by atoms with van der Waals surface area (Å²) < 4.78 is 11.2. The van der Waals surface area contributed by atoms with E-state index in [0.717, 1.165) is 31.8 Å². The van der Waals surface area contributed by atoms with Gasteiger partial charge in [0.05, 0.1) is 13.1 Å². The van der Waals surface area contributed by atoms with Crippen molar-refractivity contribution in [2.75, 3.05) is 33.3 Å². The first-order valence-corrected chi connectivity index (χ1v) is 6.79. The summed E-state index contributed by atoms with van der Waals surface area (Å²) in [5, 5.41) is 0.420. The van der Waals surface area contributed by atoms with Gasteiger partial charge >= 0.3 is 0 Å². The number of morpholine rings is 1. The monoisotopic (exact) mass is 284 g/mol. The molecule has 3 rings (SSSR count). The van der Waals surface area contributed by atoms with E-state index in [0.29, 0.717) is 11.8 Å². The molecule has 2 fully saturated rings. The Bertz CT molecular complexity index is 490. The number of rotatable bonds is 2. The van der Waals surface area contributed by atoms with Crippen LogP contribution in [-0.4, -0.2) is 54.6 Å². The van der Waals surface area contributed by atoms with Crippen molar-refractivity contribution in [1.82, 2.24) is 9.80 Å². The second-order valence-electron chi connectivity index (χ2n) is 5.39. The van der Waals surface area contributed by atoms with Gasteiger partial charge < -0.3 is 14.1 Å². The highest BCUT2D eigenvalue weighted by atomic mass is 35.5. The Kier molecular flexibility index (Phi) is 3.28. The smallest absolute Gasteiger partial charge is 0.248 e. The lowest BCUT2D eigenvalue weighted by Crippen LogP contribution is -2.54. The van der Waals surface area contributed by atoms with Crippen LogP contribution in [0.15, 0.2) is 16.5 Å². The SMILES string of the molecule is CN1C[C@]2(CCN(Cc3ccc(Cl)o3)C2)OCC1=O. The van der Waals surface area contributed by atoms with E-state index in [-0.39, 0.29) is 18.1 Å². The van der Waals surface area contributed by atoms with Crippen molar-refractivity contribution in [2.45, 2.75) is 18.6 Å². The van der Waals surface area contributed by atoms with E-state index in [9.17, 15) is 4.79 Å². The average Bonchev–Trinajstić information content (AvgIpc) is 2.93. The number of hydrogen-bond donors (Lipinski definition) is 0. The predicted octanol–water partition coefficient (Wildman–Crippen LogP) is 1.37. The van der Waals surface area contributed by atoms with Gasteiger partial charge in [-0.25, -0.2) is 0 Å². The summed E-state index contributed by atoms with van der Waals surface area (Å²) in [6.45, 7) is 3.36. The molecule has 0 aromatic carbocycles. The number of hydrogen-bond acceptors (Lipinski definition) is 4. The van der Waals surface area contributed by atoms with Gasteiger partial charge in [0, 0.05) is 20.1 Å². The topological polar surface area (TPSA) is 45.9 Å². The minimum atomic E-state index is -0.209. The van der Waals surface area contributed by atoms with Crippen molar-refractivity contribution < 1.29 is 13.9 Å². The third-order valence-corrected chi connectivity index (χ3v) is 4.06. The minimum absolute atomic E-state index is 0.0573. The van der Waals surface area contributed by atoms with E-state index < -0.39 is 0 Å². The van der Waals surface area contributed by atoms with Crippen LogP contribution in [0.5, 0.6) is 0 Å². The molecule has 0 aliphatic carbocycles. The standard InChI is InChI=1S/C13H17ClN2O3/c1-15-8-13(18-7-12(15)17)4-5-16(9-13)6-10-2-3-11(14)19-10/h2-3H,4-9H2,1H3/t13-/m0/s1.